The molecule has 1 aromatic rings. The number of hydrogen-bond acceptors (Lipinski definition) is 4. The average Bonchev–Trinajstić information content (AvgIpc) is 2.48. The van der Waals surface area contributed by atoms with Crippen molar-refractivity contribution < 1.29 is 14.7 Å². The van der Waals surface area contributed by atoms with E-state index in [9.17, 15) is 9.59 Å². The van der Waals surface area contributed by atoms with Gasteiger partial charge >= 0.3 is 12.0 Å². The van der Waals surface area contributed by atoms with Crippen molar-refractivity contribution in [3.63, 3.8) is 0 Å². The Labute approximate surface area is 132 Å². The van der Waals surface area contributed by atoms with Crippen LogP contribution in [0.2, 0.25) is 0 Å². The van der Waals surface area contributed by atoms with Crippen LogP contribution in [0.25, 0.3) is 0 Å². The predicted molar refractivity (Wildman–Crippen MR) is 88.4 cm³/mol. The quantitative estimate of drug-likeness (QED) is 0.774. The summed E-state index contributed by atoms with van der Waals surface area (Å²) in [6, 6.07) is 6.61. The fourth-order valence-corrected chi connectivity index (χ4v) is 4.53. The van der Waals surface area contributed by atoms with E-state index in [1.807, 2.05) is 23.5 Å². The van der Waals surface area contributed by atoms with Crippen LogP contribution in [-0.4, -0.2) is 46.2 Å². The molecule has 2 amide bonds. The molecule has 5 nitrogen and oxygen atoms in total. The summed E-state index contributed by atoms with van der Waals surface area (Å²) in [4.78, 5) is 22.4. The fourth-order valence-electron chi connectivity index (χ4n) is 1.92. The molecule has 1 heterocycles. The van der Waals surface area contributed by atoms with Crippen molar-refractivity contribution >= 4 is 41.2 Å². The van der Waals surface area contributed by atoms with Crippen LogP contribution < -0.4 is 10.6 Å². The highest BCUT2D eigenvalue weighted by atomic mass is 32.2. The van der Waals surface area contributed by atoms with E-state index in [4.69, 9.17) is 5.11 Å². The van der Waals surface area contributed by atoms with Crippen molar-refractivity contribution in [3.05, 3.63) is 29.8 Å². The summed E-state index contributed by atoms with van der Waals surface area (Å²) in [5.41, 5.74) is 1.37. The molecule has 1 atom stereocenters. The van der Waals surface area contributed by atoms with Crippen LogP contribution in [0.1, 0.15) is 5.56 Å². The fraction of sp³-hybridized carbons (Fsp3) is 0.429. The highest BCUT2D eigenvalue weighted by Gasteiger charge is 2.15. The number of anilines is 1. The van der Waals surface area contributed by atoms with Crippen molar-refractivity contribution in [2.75, 3.05) is 29.1 Å². The standard InChI is InChI=1S/C14H18N2O3S2/c17-13(18)7-10-1-3-11(4-2-10)16-14(19)15-8-12-9-20-5-6-21-12/h1-4,12H,5-9H2,(H,17,18)(H2,15,16,19). The summed E-state index contributed by atoms with van der Waals surface area (Å²) in [5.74, 6) is 2.55. The Morgan fingerprint density at radius 1 is 1.24 bits per heavy atom. The molecule has 2 rings (SSSR count). The minimum atomic E-state index is -0.865. The van der Waals surface area contributed by atoms with Crippen molar-refractivity contribution in [1.29, 1.82) is 0 Å². The van der Waals surface area contributed by atoms with E-state index >= 15 is 0 Å². The molecular weight excluding hydrogens is 308 g/mol. The normalized spacial score (nSPS) is 18.0. The maximum atomic E-state index is 11.8. The van der Waals surface area contributed by atoms with Gasteiger partial charge in [0, 0.05) is 34.7 Å². The summed E-state index contributed by atoms with van der Waals surface area (Å²) in [6.45, 7) is 0.667. The van der Waals surface area contributed by atoms with Gasteiger partial charge in [0.1, 0.15) is 0 Å². The first kappa shape index (κ1) is 16.0. The number of thioether (sulfide) groups is 2. The second kappa shape index (κ2) is 8.19. The third kappa shape index (κ3) is 5.89. The number of carbonyl (C=O) groups excluding carboxylic acids is 1. The highest BCUT2D eigenvalue weighted by Crippen LogP contribution is 2.23. The first-order valence-electron chi connectivity index (χ1n) is 6.68. The zero-order chi connectivity index (χ0) is 15.1. The van der Waals surface area contributed by atoms with Crippen molar-refractivity contribution in [2.24, 2.45) is 0 Å². The van der Waals surface area contributed by atoms with Gasteiger partial charge in [-0.1, -0.05) is 12.1 Å². The monoisotopic (exact) mass is 326 g/mol. The molecule has 1 aliphatic heterocycles. The van der Waals surface area contributed by atoms with Gasteiger partial charge < -0.3 is 15.7 Å². The SMILES string of the molecule is O=C(O)Cc1ccc(NC(=O)NCC2CSCCS2)cc1. The van der Waals surface area contributed by atoms with Crippen LogP contribution >= 0.6 is 23.5 Å². The van der Waals surface area contributed by atoms with Crippen LogP contribution in [0.5, 0.6) is 0 Å². The largest absolute Gasteiger partial charge is 0.481 e. The third-order valence-corrected chi connectivity index (χ3v) is 5.79. The molecule has 0 bridgehead atoms. The van der Waals surface area contributed by atoms with Gasteiger partial charge in [0.15, 0.2) is 0 Å². The molecule has 7 heteroatoms. The molecular formula is C14H18N2O3S2. The van der Waals surface area contributed by atoms with Crippen molar-refractivity contribution in [2.45, 2.75) is 11.7 Å². The first-order chi connectivity index (χ1) is 10.1. The molecule has 0 radical (unpaired) electrons. The number of hydrogen-bond donors (Lipinski definition) is 3. The number of carboxylic acids is 1. The molecule has 1 fully saturated rings. The topological polar surface area (TPSA) is 78.4 Å². The number of rotatable bonds is 5. The Balaban J connectivity index is 1.75. The maximum Gasteiger partial charge on any atom is 0.319 e. The summed E-state index contributed by atoms with van der Waals surface area (Å²) >= 11 is 3.82. The van der Waals surface area contributed by atoms with E-state index in [0.717, 1.165) is 11.5 Å². The number of carboxylic acid groups (broad SMARTS) is 1. The Bertz CT molecular complexity index is 487. The van der Waals surface area contributed by atoms with Crippen LogP contribution in [0, 0.1) is 0 Å². The smallest absolute Gasteiger partial charge is 0.319 e. The lowest BCUT2D eigenvalue weighted by molar-refractivity contribution is -0.136. The second-order valence-corrected chi connectivity index (χ2v) is 7.23. The molecule has 1 saturated heterocycles. The Morgan fingerprint density at radius 2 is 2.00 bits per heavy atom. The van der Waals surface area contributed by atoms with Gasteiger partial charge in [0.05, 0.1) is 6.42 Å². The van der Waals surface area contributed by atoms with Crippen LogP contribution in [0.15, 0.2) is 24.3 Å². The molecule has 114 valence electrons. The van der Waals surface area contributed by atoms with E-state index in [0.29, 0.717) is 23.0 Å². The van der Waals surface area contributed by atoms with E-state index in [2.05, 4.69) is 10.6 Å². The van der Waals surface area contributed by atoms with Gasteiger partial charge in [-0.3, -0.25) is 4.79 Å². The lowest BCUT2D eigenvalue weighted by Gasteiger charge is -2.21. The molecule has 0 aromatic heterocycles. The Hall–Kier alpha value is -1.34. The lowest BCUT2D eigenvalue weighted by atomic mass is 10.1. The van der Waals surface area contributed by atoms with Crippen LogP contribution in [-0.2, 0) is 11.2 Å². The zero-order valence-corrected chi connectivity index (χ0v) is 13.1. The van der Waals surface area contributed by atoms with Crippen molar-refractivity contribution in [1.82, 2.24) is 5.32 Å². The lowest BCUT2D eigenvalue weighted by Crippen LogP contribution is -2.36. The van der Waals surface area contributed by atoms with Gasteiger partial charge in [-0.15, -0.1) is 0 Å². The third-order valence-electron chi connectivity index (χ3n) is 2.94. The van der Waals surface area contributed by atoms with E-state index in [1.165, 1.54) is 5.75 Å². The Morgan fingerprint density at radius 3 is 2.62 bits per heavy atom. The number of aliphatic carboxylic acids is 1. The summed E-state index contributed by atoms with van der Waals surface area (Å²) < 4.78 is 0. The Kier molecular flexibility index (Phi) is 6.25. The predicted octanol–water partition coefficient (Wildman–Crippen LogP) is 2.28. The molecule has 1 aliphatic rings. The number of amides is 2. The van der Waals surface area contributed by atoms with Crippen molar-refractivity contribution in [3.8, 4) is 0 Å². The highest BCUT2D eigenvalue weighted by molar-refractivity contribution is 8.06. The second-order valence-electron chi connectivity index (χ2n) is 4.67. The van der Waals surface area contributed by atoms with Crippen LogP contribution in [0.4, 0.5) is 10.5 Å². The molecule has 3 N–H and O–H groups in total. The minimum absolute atomic E-state index is 0.0109. The van der Waals surface area contributed by atoms with Gasteiger partial charge in [-0.25, -0.2) is 4.79 Å². The number of urea groups is 1. The molecule has 1 aromatic carbocycles. The summed E-state index contributed by atoms with van der Waals surface area (Å²) in [5, 5.41) is 14.8. The van der Waals surface area contributed by atoms with Gasteiger partial charge in [-0.05, 0) is 17.7 Å². The molecule has 0 aliphatic carbocycles. The minimum Gasteiger partial charge on any atom is -0.481 e. The molecule has 1 unspecified atom stereocenters. The maximum absolute atomic E-state index is 11.8. The summed E-state index contributed by atoms with van der Waals surface area (Å²) in [6.07, 6.45) is -0.0109. The molecule has 0 spiro atoms. The molecule has 0 saturated carbocycles. The van der Waals surface area contributed by atoms with Gasteiger partial charge in [0.25, 0.3) is 0 Å². The number of nitrogens with one attached hydrogen (secondary N) is 2. The van der Waals surface area contributed by atoms with E-state index in [1.54, 1.807) is 24.3 Å². The summed E-state index contributed by atoms with van der Waals surface area (Å²) in [7, 11) is 0. The zero-order valence-electron chi connectivity index (χ0n) is 11.5. The van der Waals surface area contributed by atoms with Crippen LogP contribution in [0.3, 0.4) is 0 Å². The van der Waals surface area contributed by atoms with Gasteiger partial charge in [0.2, 0.25) is 0 Å². The average molecular weight is 326 g/mol. The van der Waals surface area contributed by atoms with Gasteiger partial charge in [-0.2, -0.15) is 23.5 Å². The number of benzene rings is 1. The molecule has 21 heavy (non-hydrogen) atoms. The van der Waals surface area contributed by atoms with E-state index < -0.39 is 5.97 Å². The first-order valence-corrected chi connectivity index (χ1v) is 8.89. The van der Waals surface area contributed by atoms with E-state index in [-0.39, 0.29) is 12.5 Å². The number of carbonyl (C=O) groups is 2.